The number of methoxy groups -OCH3 is 2. The van der Waals surface area contributed by atoms with Gasteiger partial charge in [0.15, 0.2) is 5.96 Å². The van der Waals surface area contributed by atoms with Crippen LogP contribution in [-0.4, -0.2) is 56.8 Å². The number of thiazole rings is 1. The number of rotatable bonds is 9. The van der Waals surface area contributed by atoms with Crippen molar-refractivity contribution in [1.82, 2.24) is 15.2 Å². The normalized spacial score (nSPS) is 13.7. The van der Waals surface area contributed by atoms with E-state index in [-0.39, 0.29) is 12.2 Å². The van der Waals surface area contributed by atoms with Crippen molar-refractivity contribution in [2.45, 2.75) is 32.6 Å². The molecule has 0 spiro atoms. The summed E-state index contributed by atoms with van der Waals surface area (Å²) in [7, 11) is 7.10. The molecule has 1 aromatic heterocycles. The molecule has 0 aliphatic rings. The molecule has 1 aromatic carbocycles. The van der Waals surface area contributed by atoms with Crippen LogP contribution in [-0.2, 0) is 11.3 Å². The molecule has 0 amide bonds. The number of guanidine groups is 1. The van der Waals surface area contributed by atoms with Gasteiger partial charge in [-0.2, -0.15) is 0 Å². The van der Waals surface area contributed by atoms with Crippen LogP contribution in [0.5, 0.6) is 11.5 Å². The molecule has 0 saturated carbocycles. The molecule has 154 valence electrons. The first-order valence-corrected chi connectivity index (χ1v) is 10.0. The molecule has 0 bridgehead atoms. The fraction of sp³-hybridized carbons (Fsp3) is 0.500. The molecule has 1 heterocycles. The van der Waals surface area contributed by atoms with Crippen molar-refractivity contribution < 1.29 is 14.2 Å². The van der Waals surface area contributed by atoms with E-state index in [9.17, 15) is 0 Å². The molecular weight excluding hydrogens is 376 g/mol. The van der Waals surface area contributed by atoms with E-state index in [1.54, 1.807) is 32.6 Å². The first-order chi connectivity index (χ1) is 13.5. The topological polar surface area (TPSA) is 68.2 Å². The van der Waals surface area contributed by atoms with Crippen molar-refractivity contribution in [3.8, 4) is 11.5 Å². The lowest BCUT2D eigenvalue weighted by Gasteiger charge is -2.23. The van der Waals surface area contributed by atoms with Gasteiger partial charge in [-0.05, 0) is 38.1 Å². The monoisotopic (exact) mass is 406 g/mol. The molecular formula is C20H30N4O3S. The zero-order valence-electron chi connectivity index (χ0n) is 17.4. The molecule has 0 saturated heterocycles. The average Bonchev–Trinajstić information content (AvgIpc) is 3.16. The van der Waals surface area contributed by atoms with Gasteiger partial charge in [-0.15, -0.1) is 11.3 Å². The average molecular weight is 407 g/mol. The molecule has 7 nitrogen and oxygen atoms in total. The third-order valence-electron chi connectivity index (χ3n) is 4.19. The van der Waals surface area contributed by atoms with Crippen LogP contribution in [0.25, 0.3) is 0 Å². The lowest BCUT2D eigenvalue weighted by molar-refractivity contribution is 0.119. The van der Waals surface area contributed by atoms with E-state index in [1.807, 2.05) is 50.1 Å². The van der Waals surface area contributed by atoms with Crippen LogP contribution >= 0.6 is 11.3 Å². The van der Waals surface area contributed by atoms with Gasteiger partial charge in [0.25, 0.3) is 0 Å². The minimum absolute atomic E-state index is 0.0115. The van der Waals surface area contributed by atoms with Gasteiger partial charge in [0.1, 0.15) is 28.7 Å². The smallest absolute Gasteiger partial charge is 0.193 e. The van der Waals surface area contributed by atoms with Gasteiger partial charge < -0.3 is 24.4 Å². The zero-order valence-corrected chi connectivity index (χ0v) is 18.2. The highest BCUT2D eigenvalue weighted by atomic mass is 32.1. The van der Waals surface area contributed by atoms with E-state index >= 15 is 0 Å². The van der Waals surface area contributed by atoms with E-state index in [1.165, 1.54) is 0 Å². The minimum Gasteiger partial charge on any atom is -0.497 e. The predicted octanol–water partition coefficient (Wildman–Crippen LogP) is 3.33. The maximum absolute atomic E-state index is 5.93. The lowest BCUT2D eigenvalue weighted by atomic mass is 10.3. The third-order valence-corrected chi connectivity index (χ3v) is 5.24. The van der Waals surface area contributed by atoms with Crippen molar-refractivity contribution in [2.24, 2.45) is 4.99 Å². The quantitative estimate of drug-likeness (QED) is 0.509. The summed E-state index contributed by atoms with van der Waals surface area (Å²) in [6.07, 6.45) is -0.00980. The van der Waals surface area contributed by atoms with Crippen LogP contribution < -0.4 is 14.8 Å². The van der Waals surface area contributed by atoms with Crippen molar-refractivity contribution in [3.05, 3.63) is 40.3 Å². The maximum Gasteiger partial charge on any atom is 0.193 e. The largest absolute Gasteiger partial charge is 0.497 e. The predicted molar refractivity (Wildman–Crippen MR) is 113 cm³/mol. The van der Waals surface area contributed by atoms with Crippen molar-refractivity contribution >= 4 is 17.3 Å². The highest BCUT2D eigenvalue weighted by Gasteiger charge is 2.13. The second kappa shape index (κ2) is 10.9. The summed E-state index contributed by atoms with van der Waals surface area (Å²) in [6.45, 7) is 5.31. The van der Waals surface area contributed by atoms with Crippen LogP contribution in [0.15, 0.2) is 34.6 Å². The van der Waals surface area contributed by atoms with E-state index in [2.05, 4.69) is 20.7 Å². The number of ether oxygens (including phenoxy) is 3. The second-order valence-electron chi connectivity index (χ2n) is 6.44. The molecule has 2 rings (SSSR count). The van der Waals surface area contributed by atoms with Crippen LogP contribution in [0.2, 0.25) is 0 Å². The zero-order chi connectivity index (χ0) is 20.5. The van der Waals surface area contributed by atoms with E-state index in [0.717, 1.165) is 28.2 Å². The minimum atomic E-state index is -0.0213. The first-order valence-electron chi connectivity index (χ1n) is 9.16. The molecule has 0 aliphatic heterocycles. The summed E-state index contributed by atoms with van der Waals surface area (Å²) >= 11 is 1.61. The Hall–Kier alpha value is -2.32. The Labute approximate surface area is 171 Å². The first kappa shape index (κ1) is 22.0. The molecule has 28 heavy (non-hydrogen) atoms. The number of nitrogens with one attached hydrogen (secondary N) is 1. The van der Waals surface area contributed by atoms with Crippen LogP contribution in [0, 0.1) is 0 Å². The highest BCUT2D eigenvalue weighted by molar-refractivity contribution is 7.09. The molecule has 1 N–H and O–H groups in total. The molecule has 0 fully saturated rings. The van der Waals surface area contributed by atoms with Gasteiger partial charge in [-0.25, -0.2) is 4.98 Å². The van der Waals surface area contributed by atoms with Crippen LogP contribution in [0.3, 0.4) is 0 Å². The summed E-state index contributed by atoms with van der Waals surface area (Å²) in [5.41, 5.74) is 0.997. The summed E-state index contributed by atoms with van der Waals surface area (Å²) in [5.74, 6) is 2.41. The number of hydrogen-bond donors (Lipinski definition) is 1. The van der Waals surface area contributed by atoms with Crippen LogP contribution in [0.4, 0.5) is 0 Å². The summed E-state index contributed by atoms with van der Waals surface area (Å²) < 4.78 is 16.4. The number of aromatic nitrogens is 1. The molecule has 0 radical (unpaired) electrons. The maximum atomic E-state index is 5.93. The van der Waals surface area contributed by atoms with Crippen molar-refractivity contribution in [2.75, 3.05) is 34.9 Å². The van der Waals surface area contributed by atoms with Crippen molar-refractivity contribution in [3.63, 3.8) is 0 Å². The fourth-order valence-electron chi connectivity index (χ4n) is 2.55. The number of aliphatic imine (C=N–C) groups is 1. The fourth-order valence-corrected chi connectivity index (χ4v) is 3.39. The van der Waals surface area contributed by atoms with Gasteiger partial charge in [0.2, 0.25) is 0 Å². The summed E-state index contributed by atoms with van der Waals surface area (Å²) in [5, 5.41) is 6.39. The second-order valence-corrected chi connectivity index (χ2v) is 7.33. The van der Waals surface area contributed by atoms with Crippen molar-refractivity contribution in [1.29, 1.82) is 0 Å². The summed E-state index contributed by atoms with van der Waals surface area (Å²) in [4.78, 5) is 11.0. The molecule has 0 aliphatic carbocycles. The van der Waals surface area contributed by atoms with Gasteiger partial charge in [-0.1, -0.05) is 0 Å². The standard InChI is InChI=1S/C20H30N4O3S/c1-14(27-18-9-7-17(26-6)8-10-18)11-22-20(21-3)24(4)12-16-13-28-19(23-16)15(2)25-5/h7-10,13-15H,11-12H2,1-6H3,(H,21,22). The van der Waals surface area contributed by atoms with Gasteiger partial charge >= 0.3 is 0 Å². The summed E-state index contributed by atoms with van der Waals surface area (Å²) in [6, 6.07) is 7.57. The molecule has 2 unspecified atom stereocenters. The lowest BCUT2D eigenvalue weighted by Crippen LogP contribution is -2.42. The molecule has 2 atom stereocenters. The Kier molecular flexibility index (Phi) is 8.53. The molecule has 2 aromatic rings. The Balaban J connectivity index is 1.84. The number of benzene rings is 1. The van der Waals surface area contributed by atoms with E-state index < -0.39 is 0 Å². The van der Waals surface area contributed by atoms with E-state index in [4.69, 9.17) is 14.2 Å². The van der Waals surface area contributed by atoms with E-state index in [0.29, 0.717) is 13.1 Å². The number of hydrogen-bond acceptors (Lipinski definition) is 6. The third kappa shape index (κ3) is 6.38. The SMILES string of the molecule is CN=C(NCC(C)Oc1ccc(OC)cc1)N(C)Cc1csc(C(C)OC)n1. The Morgan fingerprint density at radius 1 is 1.21 bits per heavy atom. The number of nitrogens with zero attached hydrogens (tertiary/aromatic N) is 3. The van der Waals surface area contributed by atoms with Gasteiger partial charge in [0, 0.05) is 26.6 Å². The van der Waals surface area contributed by atoms with Gasteiger partial charge in [0.05, 0.1) is 25.9 Å². The molecule has 8 heteroatoms. The Morgan fingerprint density at radius 2 is 1.89 bits per heavy atom. The Bertz CT molecular complexity index is 748. The Morgan fingerprint density at radius 3 is 2.50 bits per heavy atom. The van der Waals surface area contributed by atoms with Gasteiger partial charge in [-0.3, -0.25) is 4.99 Å². The van der Waals surface area contributed by atoms with Crippen LogP contribution in [0.1, 0.15) is 30.7 Å². The highest BCUT2D eigenvalue weighted by Crippen LogP contribution is 2.21.